The minimum absolute atomic E-state index is 0.0917. The monoisotopic (exact) mass is 266 g/mol. The second-order valence-corrected chi connectivity index (χ2v) is 5.32. The molecule has 0 saturated heterocycles. The largest absolute Gasteiger partial charge is 0.349 e. The van der Waals surface area contributed by atoms with Crippen LogP contribution in [0.1, 0.15) is 44.4 Å². The zero-order chi connectivity index (χ0) is 14.6. The van der Waals surface area contributed by atoms with Crippen molar-refractivity contribution in [2.45, 2.75) is 40.2 Å². The quantitative estimate of drug-likeness (QED) is 0.861. The van der Waals surface area contributed by atoms with Crippen molar-refractivity contribution in [3.8, 4) is 0 Å². The number of benzene rings is 1. The second-order valence-electron chi connectivity index (χ2n) is 5.32. The molecular formula is C15H23FN2O. The second kappa shape index (κ2) is 6.15. The molecule has 3 N–H and O–H groups in total. The van der Waals surface area contributed by atoms with E-state index < -0.39 is 5.41 Å². The third-order valence-electron chi connectivity index (χ3n) is 3.82. The predicted molar refractivity (Wildman–Crippen MR) is 75.1 cm³/mol. The summed E-state index contributed by atoms with van der Waals surface area (Å²) in [6.45, 7) is 7.62. The van der Waals surface area contributed by atoms with Gasteiger partial charge in [0.1, 0.15) is 5.82 Å². The van der Waals surface area contributed by atoms with E-state index in [1.165, 1.54) is 6.07 Å². The van der Waals surface area contributed by atoms with Crippen LogP contribution in [0.2, 0.25) is 0 Å². The van der Waals surface area contributed by atoms with E-state index in [2.05, 4.69) is 5.32 Å². The van der Waals surface area contributed by atoms with Crippen LogP contribution in [-0.4, -0.2) is 12.5 Å². The maximum Gasteiger partial charge on any atom is 0.227 e. The molecule has 2 atom stereocenters. The molecule has 19 heavy (non-hydrogen) atoms. The maximum absolute atomic E-state index is 13.5. The van der Waals surface area contributed by atoms with Crippen LogP contribution in [0.5, 0.6) is 0 Å². The smallest absolute Gasteiger partial charge is 0.227 e. The molecule has 1 rings (SSSR count). The number of hydrogen-bond acceptors (Lipinski definition) is 2. The number of aryl methyl sites for hydroxylation is 1. The Morgan fingerprint density at radius 2 is 2.16 bits per heavy atom. The van der Waals surface area contributed by atoms with Crippen molar-refractivity contribution >= 4 is 5.91 Å². The average molecular weight is 266 g/mol. The number of nitrogens with one attached hydrogen (secondary N) is 1. The summed E-state index contributed by atoms with van der Waals surface area (Å²) in [4.78, 5) is 12.2. The van der Waals surface area contributed by atoms with Crippen LogP contribution >= 0.6 is 0 Å². The first-order chi connectivity index (χ1) is 8.84. The summed E-state index contributed by atoms with van der Waals surface area (Å²) in [5.74, 6) is -0.346. The fourth-order valence-corrected chi connectivity index (χ4v) is 1.73. The van der Waals surface area contributed by atoms with Crippen LogP contribution in [0.4, 0.5) is 4.39 Å². The predicted octanol–water partition coefficient (Wildman–Crippen LogP) is 2.69. The van der Waals surface area contributed by atoms with Crippen molar-refractivity contribution in [2.75, 3.05) is 6.54 Å². The summed E-state index contributed by atoms with van der Waals surface area (Å²) in [6, 6.07) is 4.77. The average Bonchev–Trinajstić information content (AvgIpc) is 2.40. The summed E-state index contributed by atoms with van der Waals surface area (Å²) >= 11 is 0. The van der Waals surface area contributed by atoms with Gasteiger partial charge >= 0.3 is 0 Å². The lowest BCUT2D eigenvalue weighted by molar-refractivity contribution is -0.130. The molecule has 0 aromatic heterocycles. The Morgan fingerprint density at radius 3 is 2.63 bits per heavy atom. The van der Waals surface area contributed by atoms with Gasteiger partial charge in [0.15, 0.2) is 0 Å². The van der Waals surface area contributed by atoms with Crippen molar-refractivity contribution < 1.29 is 9.18 Å². The van der Waals surface area contributed by atoms with Crippen LogP contribution in [0.3, 0.4) is 0 Å². The van der Waals surface area contributed by atoms with Crippen LogP contribution in [0, 0.1) is 18.2 Å². The fraction of sp³-hybridized carbons (Fsp3) is 0.533. The SMILES string of the molecule is CCC(C)(CN)C(=O)NC(C)c1ccc(C)c(F)c1. The minimum atomic E-state index is -0.572. The Bertz CT molecular complexity index is 455. The van der Waals surface area contributed by atoms with Gasteiger partial charge in [-0.25, -0.2) is 4.39 Å². The third kappa shape index (κ3) is 3.53. The molecular weight excluding hydrogens is 243 g/mol. The van der Waals surface area contributed by atoms with Crippen LogP contribution in [0.25, 0.3) is 0 Å². The number of halogens is 1. The van der Waals surface area contributed by atoms with Crippen molar-refractivity contribution in [3.63, 3.8) is 0 Å². The maximum atomic E-state index is 13.5. The molecule has 0 bridgehead atoms. The Labute approximate surface area is 114 Å². The molecule has 1 aromatic carbocycles. The standard InChI is InChI=1S/C15H23FN2O/c1-5-15(4,9-17)14(19)18-11(3)12-7-6-10(2)13(16)8-12/h6-8,11H,5,9,17H2,1-4H3,(H,18,19). The first-order valence-corrected chi connectivity index (χ1v) is 6.61. The Balaban J connectivity index is 2.82. The topological polar surface area (TPSA) is 55.1 Å². The highest BCUT2D eigenvalue weighted by Crippen LogP contribution is 2.22. The number of carbonyl (C=O) groups is 1. The van der Waals surface area contributed by atoms with Gasteiger partial charge in [0.2, 0.25) is 5.91 Å². The minimum Gasteiger partial charge on any atom is -0.349 e. The zero-order valence-electron chi connectivity index (χ0n) is 12.1. The molecule has 1 amide bonds. The van der Waals surface area contributed by atoms with E-state index in [-0.39, 0.29) is 17.8 Å². The number of hydrogen-bond donors (Lipinski definition) is 2. The number of nitrogens with two attached hydrogens (primary N) is 1. The number of amides is 1. The van der Waals surface area contributed by atoms with E-state index in [4.69, 9.17) is 5.73 Å². The molecule has 0 aliphatic carbocycles. The van der Waals surface area contributed by atoms with Crippen LogP contribution in [-0.2, 0) is 4.79 Å². The van der Waals surface area contributed by atoms with Gasteiger partial charge in [-0.2, -0.15) is 0 Å². The van der Waals surface area contributed by atoms with Crippen molar-refractivity contribution in [1.82, 2.24) is 5.32 Å². The summed E-state index contributed by atoms with van der Waals surface area (Å²) in [5, 5.41) is 2.90. The number of carbonyl (C=O) groups excluding carboxylic acids is 1. The molecule has 0 fully saturated rings. The van der Waals surface area contributed by atoms with Crippen molar-refractivity contribution in [3.05, 3.63) is 35.1 Å². The van der Waals surface area contributed by atoms with Gasteiger partial charge in [0.25, 0.3) is 0 Å². The van der Waals surface area contributed by atoms with Gasteiger partial charge in [0.05, 0.1) is 11.5 Å². The van der Waals surface area contributed by atoms with Crippen molar-refractivity contribution in [1.29, 1.82) is 0 Å². The van der Waals surface area contributed by atoms with Gasteiger partial charge in [-0.1, -0.05) is 19.1 Å². The summed E-state index contributed by atoms with van der Waals surface area (Å²) in [5.41, 5.74) is 6.44. The van der Waals surface area contributed by atoms with Gasteiger partial charge in [-0.3, -0.25) is 4.79 Å². The highest BCUT2D eigenvalue weighted by atomic mass is 19.1. The first kappa shape index (κ1) is 15.6. The Kier molecular flexibility index (Phi) is 5.06. The molecule has 3 nitrogen and oxygen atoms in total. The lowest BCUT2D eigenvalue weighted by Crippen LogP contribution is -2.44. The van der Waals surface area contributed by atoms with E-state index in [0.29, 0.717) is 18.5 Å². The van der Waals surface area contributed by atoms with Crippen molar-refractivity contribution in [2.24, 2.45) is 11.1 Å². The molecule has 0 aliphatic rings. The fourth-order valence-electron chi connectivity index (χ4n) is 1.73. The zero-order valence-corrected chi connectivity index (χ0v) is 12.1. The highest BCUT2D eigenvalue weighted by Gasteiger charge is 2.30. The molecule has 0 heterocycles. The lowest BCUT2D eigenvalue weighted by Gasteiger charge is -2.27. The van der Waals surface area contributed by atoms with E-state index in [1.807, 2.05) is 26.8 Å². The molecule has 0 saturated carbocycles. The molecule has 0 radical (unpaired) electrons. The highest BCUT2D eigenvalue weighted by molar-refractivity contribution is 5.82. The van der Waals surface area contributed by atoms with Gasteiger partial charge in [-0.15, -0.1) is 0 Å². The molecule has 2 unspecified atom stereocenters. The summed E-state index contributed by atoms with van der Waals surface area (Å²) < 4.78 is 13.5. The van der Waals surface area contributed by atoms with E-state index in [1.54, 1.807) is 13.0 Å². The Morgan fingerprint density at radius 1 is 1.53 bits per heavy atom. The summed E-state index contributed by atoms with van der Waals surface area (Å²) in [7, 11) is 0. The third-order valence-corrected chi connectivity index (χ3v) is 3.82. The normalized spacial score (nSPS) is 15.7. The van der Waals surface area contributed by atoms with Gasteiger partial charge in [0, 0.05) is 6.54 Å². The van der Waals surface area contributed by atoms with Crippen LogP contribution in [0.15, 0.2) is 18.2 Å². The first-order valence-electron chi connectivity index (χ1n) is 6.61. The molecule has 1 aromatic rings. The van der Waals surface area contributed by atoms with E-state index >= 15 is 0 Å². The molecule has 4 heteroatoms. The molecule has 0 aliphatic heterocycles. The van der Waals surface area contributed by atoms with E-state index in [0.717, 1.165) is 5.56 Å². The lowest BCUT2D eigenvalue weighted by atomic mass is 9.86. The molecule has 0 spiro atoms. The van der Waals surface area contributed by atoms with E-state index in [9.17, 15) is 9.18 Å². The summed E-state index contributed by atoms with van der Waals surface area (Å²) in [6.07, 6.45) is 0.671. The van der Waals surface area contributed by atoms with Gasteiger partial charge in [-0.05, 0) is 44.4 Å². The Hall–Kier alpha value is -1.42. The van der Waals surface area contributed by atoms with Crippen LogP contribution < -0.4 is 11.1 Å². The number of rotatable bonds is 5. The van der Waals surface area contributed by atoms with Gasteiger partial charge < -0.3 is 11.1 Å². The molecule has 106 valence electrons.